The summed E-state index contributed by atoms with van der Waals surface area (Å²) in [7, 11) is 1.49. The van der Waals surface area contributed by atoms with Crippen LogP contribution in [0.25, 0.3) is 0 Å². The molecule has 0 aliphatic heterocycles. The molecular weight excluding hydrogens is 480 g/mol. The van der Waals surface area contributed by atoms with Crippen molar-refractivity contribution in [3.05, 3.63) is 83.4 Å². The summed E-state index contributed by atoms with van der Waals surface area (Å²) in [6.07, 6.45) is 5.65. The smallest absolute Gasteiger partial charge is 0.161 e. The van der Waals surface area contributed by atoms with Gasteiger partial charge in [-0.05, 0) is 91.8 Å². The SMILES string of the molecule is COc1cc(CCC(=O)C[C@@H](O)[C@H](Cc2ccccc2)Cc2ccc(O)c(OC3CCCC3)c2)ccc1O. The first-order valence-electron chi connectivity index (χ1n) is 13.5. The molecule has 0 radical (unpaired) electrons. The van der Waals surface area contributed by atoms with Crippen LogP contribution in [0.1, 0.15) is 55.2 Å². The fourth-order valence-corrected chi connectivity index (χ4v) is 5.19. The molecule has 0 heterocycles. The molecule has 3 aromatic rings. The van der Waals surface area contributed by atoms with Gasteiger partial charge in [-0.15, -0.1) is 0 Å². The van der Waals surface area contributed by atoms with Gasteiger partial charge in [0.25, 0.3) is 0 Å². The number of hydrogen-bond acceptors (Lipinski definition) is 6. The first kappa shape index (κ1) is 27.5. The highest BCUT2D eigenvalue weighted by Gasteiger charge is 2.24. The number of carbonyl (C=O) groups is 1. The Morgan fingerprint density at radius 3 is 2.21 bits per heavy atom. The summed E-state index contributed by atoms with van der Waals surface area (Å²) >= 11 is 0. The largest absolute Gasteiger partial charge is 0.504 e. The number of carbonyl (C=O) groups excluding carboxylic acids is 1. The van der Waals surface area contributed by atoms with E-state index < -0.39 is 6.10 Å². The minimum Gasteiger partial charge on any atom is -0.504 e. The van der Waals surface area contributed by atoms with Gasteiger partial charge < -0.3 is 24.8 Å². The van der Waals surface area contributed by atoms with Crippen molar-refractivity contribution in [2.24, 2.45) is 5.92 Å². The van der Waals surface area contributed by atoms with Crippen molar-refractivity contribution < 1.29 is 29.6 Å². The van der Waals surface area contributed by atoms with Crippen molar-refractivity contribution in [3.8, 4) is 23.0 Å². The molecule has 0 spiro atoms. The Morgan fingerprint density at radius 2 is 1.50 bits per heavy atom. The van der Waals surface area contributed by atoms with Crippen LogP contribution < -0.4 is 9.47 Å². The summed E-state index contributed by atoms with van der Waals surface area (Å²) in [5.41, 5.74) is 2.95. The summed E-state index contributed by atoms with van der Waals surface area (Å²) in [5, 5.41) is 31.4. The van der Waals surface area contributed by atoms with Gasteiger partial charge in [-0.25, -0.2) is 0 Å². The van der Waals surface area contributed by atoms with Crippen LogP contribution in [0.4, 0.5) is 0 Å². The van der Waals surface area contributed by atoms with Crippen LogP contribution in [0.5, 0.6) is 23.0 Å². The zero-order valence-electron chi connectivity index (χ0n) is 22.0. The molecule has 202 valence electrons. The van der Waals surface area contributed by atoms with E-state index in [0.29, 0.717) is 37.2 Å². The van der Waals surface area contributed by atoms with Gasteiger partial charge in [-0.1, -0.05) is 42.5 Å². The highest BCUT2D eigenvalue weighted by atomic mass is 16.5. The molecule has 0 aromatic heterocycles. The number of aryl methyl sites for hydroxylation is 1. The minimum atomic E-state index is -0.815. The molecule has 1 aliphatic carbocycles. The molecule has 0 unspecified atom stereocenters. The Kier molecular flexibility index (Phi) is 9.66. The molecular formula is C32H38O6. The predicted molar refractivity (Wildman–Crippen MR) is 147 cm³/mol. The molecule has 6 heteroatoms. The number of benzene rings is 3. The standard InChI is InChI=1S/C32H38O6/c1-37-31-19-23(12-15-28(31)34)11-14-26(33)21-30(36)25(17-22-7-3-2-4-8-22)18-24-13-16-29(35)32(20-24)38-27-9-5-6-10-27/h2-4,7-8,12-13,15-16,19-20,25,27,30,34-36H,5-6,9-11,14,17-18,21H2,1H3/t25-,30-/m1/s1. The van der Waals surface area contributed by atoms with Gasteiger partial charge in [0, 0.05) is 12.8 Å². The van der Waals surface area contributed by atoms with E-state index in [4.69, 9.17) is 9.47 Å². The Balaban J connectivity index is 1.42. The molecule has 38 heavy (non-hydrogen) atoms. The van der Waals surface area contributed by atoms with E-state index in [1.54, 1.807) is 24.3 Å². The van der Waals surface area contributed by atoms with E-state index in [-0.39, 0.29) is 35.7 Å². The third kappa shape index (κ3) is 7.75. The Morgan fingerprint density at radius 1 is 0.868 bits per heavy atom. The molecule has 0 bridgehead atoms. The maximum atomic E-state index is 12.9. The summed E-state index contributed by atoms with van der Waals surface area (Å²) < 4.78 is 11.2. The van der Waals surface area contributed by atoms with Crippen molar-refractivity contribution in [3.63, 3.8) is 0 Å². The average molecular weight is 519 g/mol. The lowest BCUT2D eigenvalue weighted by Gasteiger charge is -2.24. The lowest BCUT2D eigenvalue weighted by Crippen LogP contribution is -2.27. The summed E-state index contributed by atoms with van der Waals surface area (Å²) in [6, 6.07) is 20.4. The molecule has 1 saturated carbocycles. The highest BCUT2D eigenvalue weighted by Crippen LogP contribution is 2.33. The molecule has 0 amide bonds. The van der Waals surface area contributed by atoms with Gasteiger partial charge >= 0.3 is 0 Å². The monoisotopic (exact) mass is 518 g/mol. The van der Waals surface area contributed by atoms with Gasteiger partial charge in [0.05, 0.1) is 19.3 Å². The van der Waals surface area contributed by atoms with Gasteiger partial charge in [0.1, 0.15) is 5.78 Å². The zero-order chi connectivity index (χ0) is 26.9. The van der Waals surface area contributed by atoms with Crippen LogP contribution >= 0.6 is 0 Å². The van der Waals surface area contributed by atoms with E-state index in [2.05, 4.69) is 0 Å². The highest BCUT2D eigenvalue weighted by molar-refractivity contribution is 5.79. The maximum absolute atomic E-state index is 12.9. The molecule has 1 aliphatic rings. The zero-order valence-corrected chi connectivity index (χ0v) is 22.0. The van der Waals surface area contributed by atoms with Gasteiger partial charge in [0.2, 0.25) is 0 Å². The van der Waals surface area contributed by atoms with Gasteiger partial charge in [0.15, 0.2) is 23.0 Å². The topological polar surface area (TPSA) is 96.2 Å². The van der Waals surface area contributed by atoms with Crippen LogP contribution in [0.2, 0.25) is 0 Å². The lowest BCUT2D eigenvalue weighted by atomic mass is 9.85. The molecule has 1 fully saturated rings. The minimum absolute atomic E-state index is 0.0152. The number of phenolic OH excluding ortho intramolecular Hbond substituents is 2. The number of aromatic hydroxyl groups is 2. The maximum Gasteiger partial charge on any atom is 0.161 e. The second-order valence-electron chi connectivity index (χ2n) is 10.3. The van der Waals surface area contributed by atoms with Crippen molar-refractivity contribution in [2.45, 2.75) is 70.0 Å². The fourth-order valence-electron chi connectivity index (χ4n) is 5.19. The van der Waals surface area contributed by atoms with Crippen LogP contribution in [-0.4, -0.2) is 40.4 Å². The molecule has 6 nitrogen and oxygen atoms in total. The summed E-state index contributed by atoms with van der Waals surface area (Å²) in [4.78, 5) is 12.9. The predicted octanol–water partition coefficient (Wildman–Crippen LogP) is 5.78. The van der Waals surface area contributed by atoms with Gasteiger partial charge in [-0.2, -0.15) is 0 Å². The van der Waals surface area contributed by atoms with Crippen molar-refractivity contribution >= 4 is 5.78 Å². The fraction of sp³-hybridized carbons (Fsp3) is 0.406. The average Bonchev–Trinajstić information content (AvgIpc) is 3.43. The van der Waals surface area contributed by atoms with Crippen LogP contribution in [0, 0.1) is 5.92 Å². The number of phenols is 2. The number of ketones is 1. The number of Topliss-reactive ketones (excluding diaryl/α,β-unsaturated/α-hetero) is 1. The number of aliphatic hydroxyl groups is 1. The molecule has 2 atom stereocenters. The number of rotatable bonds is 13. The van der Waals surface area contributed by atoms with Crippen LogP contribution in [-0.2, 0) is 24.1 Å². The first-order valence-corrected chi connectivity index (χ1v) is 13.5. The third-order valence-corrected chi connectivity index (χ3v) is 7.38. The normalized spacial score (nSPS) is 15.2. The first-order chi connectivity index (χ1) is 18.4. The number of ether oxygens (including phenoxy) is 2. The van der Waals surface area contributed by atoms with E-state index in [1.807, 2.05) is 42.5 Å². The Bertz CT molecular complexity index is 1190. The van der Waals surface area contributed by atoms with Crippen molar-refractivity contribution in [2.75, 3.05) is 7.11 Å². The Labute approximate surface area is 224 Å². The van der Waals surface area contributed by atoms with E-state index >= 15 is 0 Å². The van der Waals surface area contributed by atoms with E-state index in [1.165, 1.54) is 7.11 Å². The van der Waals surface area contributed by atoms with Crippen molar-refractivity contribution in [1.29, 1.82) is 0 Å². The van der Waals surface area contributed by atoms with E-state index in [9.17, 15) is 20.1 Å². The van der Waals surface area contributed by atoms with E-state index in [0.717, 1.165) is 42.4 Å². The van der Waals surface area contributed by atoms with Crippen molar-refractivity contribution in [1.82, 2.24) is 0 Å². The van der Waals surface area contributed by atoms with Crippen LogP contribution in [0.3, 0.4) is 0 Å². The number of hydrogen-bond donors (Lipinski definition) is 3. The number of methoxy groups -OCH3 is 1. The quantitative estimate of drug-likeness (QED) is 0.265. The Hall–Kier alpha value is -3.51. The molecule has 3 N–H and O–H groups in total. The second-order valence-corrected chi connectivity index (χ2v) is 10.3. The number of aliphatic hydroxyl groups excluding tert-OH is 1. The third-order valence-electron chi connectivity index (χ3n) is 7.38. The summed E-state index contributed by atoms with van der Waals surface area (Å²) in [5.74, 6) is 0.859. The van der Waals surface area contributed by atoms with Gasteiger partial charge in [-0.3, -0.25) is 4.79 Å². The molecule has 0 saturated heterocycles. The molecule has 4 rings (SSSR count). The van der Waals surface area contributed by atoms with Crippen LogP contribution in [0.15, 0.2) is 66.7 Å². The summed E-state index contributed by atoms with van der Waals surface area (Å²) in [6.45, 7) is 0. The molecule has 3 aromatic carbocycles. The lowest BCUT2D eigenvalue weighted by molar-refractivity contribution is -0.121. The second kappa shape index (κ2) is 13.3.